The van der Waals surface area contributed by atoms with E-state index in [1.807, 2.05) is 0 Å². The average molecular weight is 332 g/mol. The summed E-state index contributed by atoms with van der Waals surface area (Å²) in [5.74, 6) is 0. The van der Waals surface area contributed by atoms with Gasteiger partial charge in [0.1, 0.15) is 0 Å². The first-order valence-corrected chi connectivity index (χ1v) is 9.25. The fourth-order valence-corrected chi connectivity index (χ4v) is 2.51. The van der Waals surface area contributed by atoms with E-state index >= 15 is 0 Å². The first-order chi connectivity index (χ1) is 11.4. The van der Waals surface area contributed by atoms with Crippen molar-refractivity contribution in [1.29, 1.82) is 0 Å². The Bertz CT molecular complexity index is 249. The summed E-state index contributed by atoms with van der Waals surface area (Å²) in [5, 5.41) is 3.30. The van der Waals surface area contributed by atoms with Gasteiger partial charge < -0.3 is 24.4 Å². The summed E-state index contributed by atoms with van der Waals surface area (Å²) >= 11 is 0. The lowest BCUT2D eigenvalue weighted by atomic mass is 10.3. The second-order valence-corrected chi connectivity index (χ2v) is 5.86. The first kappa shape index (κ1) is 20.8. The molecule has 0 spiro atoms. The van der Waals surface area contributed by atoms with Crippen molar-refractivity contribution in [2.24, 2.45) is 0 Å². The molecular formula is C17H37N3O3. The number of hydrogen-bond donors (Lipinski definition) is 1. The third kappa shape index (κ3) is 11.9. The molecule has 6 heteroatoms. The molecular weight excluding hydrogens is 294 g/mol. The van der Waals surface area contributed by atoms with Crippen LogP contribution < -0.4 is 5.32 Å². The van der Waals surface area contributed by atoms with E-state index in [2.05, 4.69) is 29.0 Å². The highest BCUT2D eigenvalue weighted by Crippen LogP contribution is 2.00. The minimum Gasteiger partial charge on any atom is -0.378 e. The second-order valence-electron chi connectivity index (χ2n) is 5.86. The summed E-state index contributed by atoms with van der Waals surface area (Å²) < 4.78 is 16.6. The Kier molecular flexibility index (Phi) is 13.8. The Balaban J connectivity index is 1.73. The number of likely N-dealkylation sites (N-methyl/N-ethyl adjacent to an activating group) is 1. The van der Waals surface area contributed by atoms with Crippen molar-refractivity contribution in [2.75, 3.05) is 92.0 Å². The lowest BCUT2D eigenvalue weighted by molar-refractivity contribution is 0.00855. The van der Waals surface area contributed by atoms with Gasteiger partial charge in [-0.1, -0.05) is 13.8 Å². The molecule has 0 aliphatic carbocycles. The Morgan fingerprint density at radius 2 is 1.26 bits per heavy atom. The molecule has 0 amide bonds. The zero-order chi connectivity index (χ0) is 16.6. The predicted octanol–water partition coefficient (Wildman–Crippen LogP) is 0.673. The van der Waals surface area contributed by atoms with Crippen molar-refractivity contribution in [3.05, 3.63) is 0 Å². The molecule has 0 aromatic heterocycles. The number of piperazine rings is 1. The van der Waals surface area contributed by atoms with Gasteiger partial charge in [-0.05, 0) is 19.5 Å². The highest BCUT2D eigenvalue weighted by Gasteiger charge is 2.14. The topological polar surface area (TPSA) is 46.2 Å². The van der Waals surface area contributed by atoms with E-state index in [1.165, 1.54) is 19.6 Å². The van der Waals surface area contributed by atoms with Gasteiger partial charge in [-0.25, -0.2) is 0 Å². The normalized spacial score (nSPS) is 17.0. The van der Waals surface area contributed by atoms with E-state index in [0.29, 0.717) is 26.4 Å². The lowest BCUT2D eigenvalue weighted by Gasteiger charge is -2.33. The highest BCUT2D eigenvalue weighted by molar-refractivity contribution is 4.70. The van der Waals surface area contributed by atoms with E-state index in [-0.39, 0.29) is 0 Å². The summed E-state index contributed by atoms with van der Waals surface area (Å²) in [6.07, 6.45) is 1.16. The van der Waals surface area contributed by atoms with Gasteiger partial charge in [-0.2, -0.15) is 0 Å². The number of nitrogens with zero attached hydrogens (tertiary/aromatic N) is 2. The molecule has 1 saturated heterocycles. The molecule has 23 heavy (non-hydrogen) atoms. The van der Waals surface area contributed by atoms with Crippen LogP contribution in [0.1, 0.15) is 20.3 Å². The number of ether oxygens (including phenoxy) is 3. The van der Waals surface area contributed by atoms with Gasteiger partial charge in [0, 0.05) is 39.3 Å². The van der Waals surface area contributed by atoms with Crippen LogP contribution in [0.2, 0.25) is 0 Å². The van der Waals surface area contributed by atoms with Gasteiger partial charge in [0.05, 0.1) is 39.6 Å². The number of rotatable bonds is 15. The highest BCUT2D eigenvalue weighted by atomic mass is 16.5. The summed E-state index contributed by atoms with van der Waals surface area (Å²) in [7, 11) is 0. The minimum atomic E-state index is 0.649. The molecule has 1 rings (SSSR count). The van der Waals surface area contributed by atoms with Crippen LogP contribution in [0.25, 0.3) is 0 Å². The van der Waals surface area contributed by atoms with Gasteiger partial charge in [-0.15, -0.1) is 0 Å². The van der Waals surface area contributed by atoms with E-state index < -0.39 is 0 Å². The Morgan fingerprint density at radius 1 is 0.696 bits per heavy atom. The first-order valence-electron chi connectivity index (χ1n) is 9.25. The summed E-state index contributed by atoms with van der Waals surface area (Å²) in [5.41, 5.74) is 0. The van der Waals surface area contributed by atoms with Gasteiger partial charge >= 0.3 is 0 Å². The maximum Gasteiger partial charge on any atom is 0.0701 e. The van der Waals surface area contributed by atoms with E-state index in [0.717, 1.165) is 52.4 Å². The van der Waals surface area contributed by atoms with Gasteiger partial charge in [0.25, 0.3) is 0 Å². The van der Waals surface area contributed by atoms with Crippen molar-refractivity contribution < 1.29 is 14.2 Å². The third-order valence-corrected chi connectivity index (χ3v) is 4.06. The molecule has 1 heterocycles. The lowest BCUT2D eigenvalue weighted by Crippen LogP contribution is -2.47. The van der Waals surface area contributed by atoms with Gasteiger partial charge in [0.15, 0.2) is 0 Å². The third-order valence-electron chi connectivity index (χ3n) is 4.06. The Labute approximate surface area is 142 Å². The predicted molar refractivity (Wildman–Crippen MR) is 94.2 cm³/mol. The van der Waals surface area contributed by atoms with Crippen LogP contribution in [0.3, 0.4) is 0 Å². The molecule has 0 unspecified atom stereocenters. The van der Waals surface area contributed by atoms with Crippen molar-refractivity contribution in [1.82, 2.24) is 15.1 Å². The molecule has 1 N–H and O–H groups in total. The molecule has 6 nitrogen and oxygen atoms in total. The number of hydrogen-bond acceptors (Lipinski definition) is 6. The fourth-order valence-electron chi connectivity index (χ4n) is 2.51. The maximum absolute atomic E-state index is 5.63. The SMILES string of the molecule is CCCNCCOCCOCCOCCN1CCN(CC)CC1. The average Bonchev–Trinajstić information content (AvgIpc) is 2.59. The molecule has 138 valence electrons. The summed E-state index contributed by atoms with van der Waals surface area (Å²) in [4.78, 5) is 4.97. The van der Waals surface area contributed by atoms with Crippen LogP contribution in [-0.4, -0.2) is 102 Å². The maximum atomic E-state index is 5.63. The fraction of sp³-hybridized carbons (Fsp3) is 1.00. The van der Waals surface area contributed by atoms with Crippen LogP contribution in [0.15, 0.2) is 0 Å². The molecule has 1 aliphatic rings. The number of nitrogens with one attached hydrogen (secondary N) is 1. The van der Waals surface area contributed by atoms with Crippen LogP contribution in [0.4, 0.5) is 0 Å². The van der Waals surface area contributed by atoms with Crippen LogP contribution in [0, 0.1) is 0 Å². The van der Waals surface area contributed by atoms with Crippen LogP contribution in [-0.2, 0) is 14.2 Å². The van der Waals surface area contributed by atoms with Crippen LogP contribution in [0.5, 0.6) is 0 Å². The molecule has 1 aliphatic heterocycles. The van der Waals surface area contributed by atoms with Crippen molar-refractivity contribution >= 4 is 0 Å². The van der Waals surface area contributed by atoms with Crippen molar-refractivity contribution in [3.8, 4) is 0 Å². The second kappa shape index (κ2) is 15.3. The largest absolute Gasteiger partial charge is 0.378 e. The smallest absolute Gasteiger partial charge is 0.0701 e. The molecule has 0 atom stereocenters. The summed E-state index contributed by atoms with van der Waals surface area (Å²) in [6, 6.07) is 0. The van der Waals surface area contributed by atoms with E-state index in [9.17, 15) is 0 Å². The molecule has 0 radical (unpaired) electrons. The zero-order valence-electron chi connectivity index (χ0n) is 15.2. The molecule has 0 aromatic carbocycles. The van der Waals surface area contributed by atoms with Crippen molar-refractivity contribution in [3.63, 3.8) is 0 Å². The molecule has 0 aromatic rings. The van der Waals surface area contributed by atoms with E-state index in [4.69, 9.17) is 14.2 Å². The molecule has 0 saturated carbocycles. The van der Waals surface area contributed by atoms with Crippen LogP contribution >= 0.6 is 0 Å². The molecule has 1 fully saturated rings. The summed E-state index contributed by atoms with van der Waals surface area (Å²) in [6.45, 7) is 17.5. The van der Waals surface area contributed by atoms with Gasteiger partial charge in [-0.3, -0.25) is 4.90 Å². The van der Waals surface area contributed by atoms with Gasteiger partial charge in [0.2, 0.25) is 0 Å². The monoisotopic (exact) mass is 331 g/mol. The Hall–Kier alpha value is -0.240. The minimum absolute atomic E-state index is 0.649. The quantitative estimate of drug-likeness (QED) is 0.445. The molecule has 0 bridgehead atoms. The van der Waals surface area contributed by atoms with Crippen molar-refractivity contribution in [2.45, 2.75) is 20.3 Å². The zero-order valence-corrected chi connectivity index (χ0v) is 15.2. The van der Waals surface area contributed by atoms with E-state index in [1.54, 1.807) is 0 Å². The standard InChI is InChI=1S/C17H37N3O3/c1-3-5-18-6-12-21-14-16-23-17-15-22-13-11-20-9-7-19(4-2)8-10-20/h18H,3-17H2,1-2H3. The Morgan fingerprint density at radius 3 is 1.87 bits per heavy atom.